The zero-order valence-electron chi connectivity index (χ0n) is 8.77. The maximum atomic E-state index is 8.89. The molecule has 2 rings (SSSR count). The molecule has 0 saturated carbocycles. The SMILES string of the molecule is Cc1nc(NCc2ccccn2)c(C#N)s1. The highest BCUT2D eigenvalue weighted by atomic mass is 32.1. The normalized spacial score (nSPS) is 9.75. The lowest BCUT2D eigenvalue weighted by atomic mass is 10.3. The van der Waals surface area contributed by atoms with E-state index in [0.29, 0.717) is 17.2 Å². The van der Waals surface area contributed by atoms with Crippen molar-refractivity contribution in [3.63, 3.8) is 0 Å². The van der Waals surface area contributed by atoms with Crippen molar-refractivity contribution < 1.29 is 0 Å². The predicted molar refractivity (Wildman–Crippen MR) is 63.1 cm³/mol. The standard InChI is InChI=1S/C11H10N4S/c1-8-15-11(10(6-12)16-8)14-7-9-4-2-3-5-13-9/h2-5,14H,7H2,1H3. The number of pyridine rings is 1. The summed E-state index contributed by atoms with van der Waals surface area (Å²) < 4.78 is 0. The van der Waals surface area contributed by atoms with Crippen LogP contribution >= 0.6 is 11.3 Å². The van der Waals surface area contributed by atoms with Crippen LogP contribution in [-0.2, 0) is 6.54 Å². The van der Waals surface area contributed by atoms with Gasteiger partial charge in [0.2, 0.25) is 0 Å². The fourth-order valence-corrected chi connectivity index (χ4v) is 1.99. The summed E-state index contributed by atoms with van der Waals surface area (Å²) in [5.74, 6) is 0.649. The Morgan fingerprint density at radius 3 is 3.06 bits per heavy atom. The zero-order chi connectivity index (χ0) is 11.4. The highest BCUT2D eigenvalue weighted by Gasteiger charge is 2.07. The van der Waals surface area contributed by atoms with Crippen LogP contribution < -0.4 is 5.32 Å². The first-order valence-corrected chi connectivity index (χ1v) is 5.62. The van der Waals surface area contributed by atoms with Crippen LogP contribution in [0.2, 0.25) is 0 Å². The molecule has 2 heterocycles. The molecular weight excluding hydrogens is 220 g/mol. The van der Waals surface area contributed by atoms with Crippen LogP contribution in [0.15, 0.2) is 24.4 Å². The van der Waals surface area contributed by atoms with Crippen molar-refractivity contribution in [2.45, 2.75) is 13.5 Å². The first-order chi connectivity index (χ1) is 7.79. The van der Waals surface area contributed by atoms with Crippen LogP contribution in [0.5, 0.6) is 0 Å². The van der Waals surface area contributed by atoms with Crippen molar-refractivity contribution in [1.82, 2.24) is 9.97 Å². The van der Waals surface area contributed by atoms with Gasteiger partial charge in [-0.2, -0.15) is 5.26 Å². The molecule has 2 aromatic rings. The van der Waals surface area contributed by atoms with E-state index in [1.165, 1.54) is 11.3 Å². The molecule has 4 nitrogen and oxygen atoms in total. The maximum absolute atomic E-state index is 8.89. The van der Waals surface area contributed by atoms with Crippen molar-refractivity contribution >= 4 is 17.2 Å². The van der Waals surface area contributed by atoms with E-state index < -0.39 is 0 Å². The zero-order valence-corrected chi connectivity index (χ0v) is 9.58. The number of nitriles is 1. The lowest BCUT2D eigenvalue weighted by molar-refractivity contribution is 1.03. The molecule has 0 spiro atoms. The van der Waals surface area contributed by atoms with Crippen molar-refractivity contribution in [2.24, 2.45) is 0 Å². The second-order valence-electron chi connectivity index (χ2n) is 3.20. The van der Waals surface area contributed by atoms with E-state index in [4.69, 9.17) is 5.26 Å². The summed E-state index contributed by atoms with van der Waals surface area (Å²) in [6.07, 6.45) is 1.74. The Kier molecular flexibility index (Phi) is 3.13. The minimum absolute atomic E-state index is 0.582. The maximum Gasteiger partial charge on any atom is 0.155 e. The van der Waals surface area contributed by atoms with Gasteiger partial charge in [0.05, 0.1) is 17.2 Å². The third-order valence-electron chi connectivity index (χ3n) is 2.00. The van der Waals surface area contributed by atoms with Gasteiger partial charge in [-0.1, -0.05) is 6.07 Å². The Bertz CT molecular complexity index is 513. The Morgan fingerprint density at radius 2 is 2.38 bits per heavy atom. The molecule has 0 radical (unpaired) electrons. The number of aryl methyl sites for hydroxylation is 1. The molecule has 5 heteroatoms. The number of nitrogens with one attached hydrogen (secondary N) is 1. The number of hydrogen-bond acceptors (Lipinski definition) is 5. The lowest BCUT2D eigenvalue weighted by Crippen LogP contribution is -2.02. The monoisotopic (exact) mass is 230 g/mol. The van der Waals surface area contributed by atoms with E-state index in [9.17, 15) is 0 Å². The van der Waals surface area contributed by atoms with Crippen LogP contribution in [0.3, 0.4) is 0 Å². The van der Waals surface area contributed by atoms with Gasteiger partial charge in [-0.3, -0.25) is 4.98 Å². The summed E-state index contributed by atoms with van der Waals surface area (Å²) in [6, 6.07) is 7.86. The predicted octanol–water partition coefficient (Wildman–Crippen LogP) is 2.33. The van der Waals surface area contributed by atoms with Crippen LogP contribution in [0, 0.1) is 18.3 Å². The Labute approximate surface area is 97.6 Å². The molecule has 0 saturated heterocycles. The molecule has 0 aliphatic heterocycles. The van der Waals surface area contributed by atoms with Gasteiger partial charge in [0.15, 0.2) is 5.82 Å². The van der Waals surface area contributed by atoms with Gasteiger partial charge >= 0.3 is 0 Å². The third kappa shape index (κ3) is 2.35. The largest absolute Gasteiger partial charge is 0.363 e. The number of anilines is 1. The van der Waals surface area contributed by atoms with E-state index in [-0.39, 0.29) is 0 Å². The number of thiazole rings is 1. The Hall–Kier alpha value is -1.93. The average Bonchev–Trinajstić information content (AvgIpc) is 2.68. The van der Waals surface area contributed by atoms with Crippen LogP contribution in [0.1, 0.15) is 15.6 Å². The minimum atomic E-state index is 0.582. The fraction of sp³-hybridized carbons (Fsp3) is 0.182. The molecule has 16 heavy (non-hydrogen) atoms. The summed E-state index contributed by atoms with van der Waals surface area (Å²) >= 11 is 1.39. The number of nitrogens with zero attached hydrogens (tertiary/aromatic N) is 3. The molecule has 0 bridgehead atoms. The minimum Gasteiger partial charge on any atom is -0.363 e. The van der Waals surface area contributed by atoms with E-state index >= 15 is 0 Å². The lowest BCUT2D eigenvalue weighted by Gasteiger charge is -2.02. The third-order valence-corrected chi connectivity index (χ3v) is 2.87. The van der Waals surface area contributed by atoms with Gasteiger partial charge in [-0.25, -0.2) is 4.98 Å². The summed E-state index contributed by atoms with van der Waals surface area (Å²) in [5, 5.41) is 12.9. The van der Waals surface area contributed by atoms with E-state index in [0.717, 1.165) is 10.7 Å². The quantitative estimate of drug-likeness (QED) is 0.879. The first-order valence-electron chi connectivity index (χ1n) is 4.81. The number of rotatable bonds is 3. The van der Waals surface area contributed by atoms with Gasteiger partial charge in [-0.15, -0.1) is 11.3 Å². The average molecular weight is 230 g/mol. The molecule has 0 aromatic carbocycles. The second-order valence-corrected chi connectivity index (χ2v) is 4.40. The van der Waals surface area contributed by atoms with Crippen molar-refractivity contribution in [2.75, 3.05) is 5.32 Å². The van der Waals surface area contributed by atoms with Gasteiger partial charge in [0.1, 0.15) is 10.9 Å². The molecule has 0 unspecified atom stereocenters. The van der Waals surface area contributed by atoms with Gasteiger partial charge in [0.25, 0.3) is 0 Å². The molecule has 0 aliphatic carbocycles. The molecule has 0 amide bonds. The smallest absolute Gasteiger partial charge is 0.155 e. The Balaban J connectivity index is 2.08. The first kappa shape index (κ1) is 10.6. The molecule has 0 fully saturated rings. The van der Waals surface area contributed by atoms with E-state index in [2.05, 4.69) is 21.4 Å². The highest BCUT2D eigenvalue weighted by molar-refractivity contribution is 7.12. The summed E-state index contributed by atoms with van der Waals surface area (Å²) in [5.41, 5.74) is 0.928. The van der Waals surface area contributed by atoms with Crippen LogP contribution in [-0.4, -0.2) is 9.97 Å². The summed E-state index contributed by atoms with van der Waals surface area (Å²) in [6.45, 7) is 2.47. The summed E-state index contributed by atoms with van der Waals surface area (Å²) in [7, 11) is 0. The molecule has 1 N–H and O–H groups in total. The number of hydrogen-bond donors (Lipinski definition) is 1. The molecule has 0 aliphatic rings. The second kappa shape index (κ2) is 4.73. The highest BCUT2D eigenvalue weighted by Crippen LogP contribution is 2.21. The van der Waals surface area contributed by atoms with Crippen molar-refractivity contribution in [1.29, 1.82) is 5.26 Å². The van der Waals surface area contributed by atoms with E-state index in [1.807, 2.05) is 25.1 Å². The fourth-order valence-electron chi connectivity index (χ4n) is 1.30. The van der Waals surface area contributed by atoms with Gasteiger partial charge in [0, 0.05) is 6.20 Å². The molecular formula is C11H10N4S. The van der Waals surface area contributed by atoms with Gasteiger partial charge in [-0.05, 0) is 19.1 Å². The molecule has 0 atom stereocenters. The molecule has 2 aromatic heterocycles. The van der Waals surface area contributed by atoms with Crippen molar-refractivity contribution in [3.05, 3.63) is 40.0 Å². The topological polar surface area (TPSA) is 61.6 Å². The van der Waals surface area contributed by atoms with Gasteiger partial charge < -0.3 is 5.32 Å². The van der Waals surface area contributed by atoms with Crippen LogP contribution in [0.4, 0.5) is 5.82 Å². The Morgan fingerprint density at radius 1 is 1.50 bits per heavy atom. The van der Waals surface area contributed by atoms with Crippen LogP contribution in [0.25, 0.3) is 0 Å². The summed E-state index contributed by atoms with van der Waals surface area (Å²) in [4.78, 5) is 9.06. The van der Waals surface area contributed by atoms with Crippen molar-refractivity contribution in [3.8, 4) is 6.07 Å². The number of aromatic nitrogens is 2. The molecule has 80 valence electrons. The van der Waals surface area contributed by atoms with E-state index in [1.54, 1.807) is 6.20 Å².